The van der Waals surface area contributed by atoms with E-state index in [-0.39, 0.29) is 0 Å². The largest absolute Gasteiger partial charge is 0.337 e. The molecule has 0 aromatic heterocycles. The summed E-state index contributed by atoms with van der Waals surface area (Å²) in [6, 6.07) is 0.545. The van der Waals surface area contributed by atoms with Crippen LogP contribution in [0.4, 0.5) is 0 Å². The standard InChI is InChI=1S/C21H40N2/c1-5-9-11-13-15-17-19-21(18-16-14-12-10-6-2)23(8-4)20-22-7-3/h7-8,20-21H,3-6,9-19H2,1-2H3/b22-20-. The molecule has 0 aromatic carbocycles. The van der Waals surface area contributed by atoms with Gasteiger partial charge in [-0.15, -0.1) is 0 Å². The van der Waals surface area contributed by atoms with Gasteiger partial charge in [0, 0.05) is 12.2 Å². The average molecular weight is 321 g/mol. The molecule has 0 bridgehead atoms. The van der Waals surface area contributed by atoms with Gasteiger partial charge in [-0.25, -0.2) is 4.99 Å². The lowest BCUT2D eigenvalue weighted by Crippen LogP contribution is -2.29. The van der Waals surface area contributed by atoms with Crippen molar-refractivity contribution in [3.63, 3.8) is 0 Å². The highest BCUT2D eigenvalue weighted by atomic mass is 15.2. The minimum Gasteiger partial charge on any atom is -0.337 e. The summed E-state index contributed by atoms with van der Waals surface area (Å²) < 4.78 is 0. The minimum absolute atomic E-state index is 0.545. The molecule has 0 fully saturated rings. The molecule has 1 unspecified atom stereocenters. The second-order valence-corrected chi connectivity index (χ2v) is 6.49. The van der Waals surface area contributed by atoms with Gasteiger partial charge >= 0.3 is 0 Å². The Bertz CT molecular complexity index is 296. The van der Waals surface area contributed by atoms with Gasteiger partial charge in [-0.05, 0) is 19.0 Å². The predicted molar refractivity (Wildman–Crippen MR) is 106 cm³/mol. The Balaban J connectivity index is 4.21. The Kier molecular flexibility index (Phi) is 16.5. The molecule has 0 heterocycles. The Hall–Kier alpha value is -1.05. The van der Waals surface area contributed by atoms with Gasteiger partial charge in [0.05, 0.1) is 6.34 Å². The summed E-state index contributed by atoms with van der Waals surface area (Å²) in [6.45, 7) is 12.2. The Morgan fingerprint density at radius 1 is 0.783 bits per heavy atom. The maximum absolute atomic E-state index is 4.18. The molecule has 1 atom stereocenters. The van der Waals surface area contributed by atoms with Crippen molar-refractivity contribution in [1.82, 2.24) is 4.90 Å². The molecule has 0 aromatic rings. The molecule has 0 amide bonds. The van der Waals surface area contributed by atoms with Gasteiger partial charge in [-0.1, -0.05) is 97.6 Å². The molecule has 2 nitrogen and oxygen atoms in total. The first-order valence-electron chi connectivity index (χ1n) is 9.84. The molecule has 0 saturated heterocycles. The number of hydrogen-bond donors (Lipinski definition) is 0. The fourth-order valence-corrected chi connectivity index (χ4v) is 3.00. The van der Waals surface area contributed by atoms with Gasteiger partial charge in [0.25, 0.3) is 0 Å². The van der Waals surface area contributed by atoms with Gasteiger partial charge in [-0.3, -0.25) is 0 Å². The van der Waals surface area contributed by atoms with Crippen molar-refractivity contribution in [2.75, 3.05) is 0 Å². The van der Waals surface area contributed by atoms with E-state index < -0.39 is 0 Å². The van der Waals surface area contributed by atoms with Crippen molar-refractivity contribution in [2.24, 2.45) is 4.99 Å². The van der Waals surface area contributed by atoms with E-state index in [4.69, 9.17) is 0 Å². The second-order valence-electron chi connectivity index (χ2n) is 6.49. The molecule has 0 aliphatic heterocycles. The van der Waals surface area contributed by atoms with Crippen molar-refractivity contribution < 1.29 is 0 Å². The number of unbranched alkanes of at least 4 members (excludes halogenated alkanes) is 9. The zero-order chi connectivity index (χ0) is 17.2. The zero-order valence-corrected chi connectivity index (χ0v) is 15.8. The van der Waals surface area contributed by atoms with Crippen LogP contribution in [-0.2, 0) is 0 Å². The van der Waals surface area contributed by atoms with E-state index in [1.165, 1.54) is 83.5 Å². The van der Waals surface area contributed by atoms with Gasteiger partial charge in [0.2, 0.25) is 0 Å². The molecule has 0 radical (unpaired) electrons. The number of aliphatic imine (C=N–C) groups is 1. The van der Waals surface area contributed by atoms with Crippen LogP contribution in [0, 0.1) is 0 Å². The number of hydrogen-bond acceptors (Lipinski definition) is 1. The quantitative estimate of drug-likeness (QED) is 0.159. The summed E-state index contributed by atoms with van der Waals surface area (Å²) in [6.07, 6.45) is 22.7. The summed E-state index contributed by atoms with van der Waals surface area (Å²) in [4.78, 5) is 6.37. The van der Waals surface area contributed by atoms with Crippen molar-refractivity contribution in [3.8, 4) is 0 Å². The minimum atomic E-state index is 0.545. The number of nitrogens with zero attached hydrogens (tertiary/aromatic N) is 2. The van der Waals surface area contributed by atoms with Crippen molar-refractivity contribution in [1.29, 1.82) is 0 Å². The van der Waals surface area contributed by atoms with Gasteiger partial charge in [-0.2, -0.15) is 0 Å². The van der Waals surface area contributed by atoms with E-state index in [0.29, 0.717) is 6.04 Å². The summed E-state index contributed by atoms with van der Waals surface area (Å²) in [7, 11) is 0. The highest BCUT2D eigenvalue weighted by Gasteiger charge is 2.13. The maximum atomic E-state index is 4.18. The smallest absolute Gasteiger partial charge is 0.0946 e. The summed E-state index contributed by atoms with van der Waals surface area (Å²) >= 11 is 0. The zero-order valence-electron chi connectivity index (χ0n) is 15.8. The van der Waals surface area contributed by atoms with E-state index in [2.05, 4.69) is 36.9 Å². The first kappa shape index (κ1) is 21.9. The van der Waals surface area contributed by atoms with Crippen molar-refractivity contribution in [2.45, 2.75) is 103 Å². The van der Waals surface area contributed by atoms with Crippen molar-refractivity contribution in [3.05, 3.63) is 25.6 Å². The summed E-state index contributed by atoms with van der Waals surface area (Å²) in [5.74, 6) is 0. The Labute approximate surface area is 145 Å². The lowest BCUT2D eigenvalue weighted by Gasteiger charge is -2.27. The van der Waals surface area contributed by atoms with Crippen LogP contribution < -0.4 is 0 Å². The normalized spacial score (nSPS) is 12.4. The topological polar surface area (TPSA) is 15.6 Å². The molecule has 0 rings (SSSR count). The fourth-order valence-electron chi connectivity index (χ4n) is 3.00. The molecule has 0 N–H and O–H groups in total. The lowest BCUT2D eigenvalue weighted by atomic mass is 9.99. The lowest BCUT2D eigenvalue weighted by molar-refractivity contribution is 0.338. The summed E-state index contributed by atoms with van der Waals surface area (Å²) in [5, 5.41) is 0. The van der Waals surface area contributed by atoms with Crippen LogP contribution in [0.1, 0.15) is 97.3 Å². The molecule has 2 heteroatoms. The van der Waals surface area contributed by atoms with Gasteiger partial charge in [0.15, 0.2) is 0 Å². The number of rotatable bonds is 17. The predicted octanol–water partition coefficient (Wildman–Crippen LogP) is 7.08. The molecule has 23 heavy (non-hydrogen) atoms. The van der Waals surface area contributed by atoms with E-state index in [1.54, 1.807) is 6.20 Å². The van der Waals surface area contributed by atoms with Crippen LogP contribution in [0.3, 0.4) is 0 Å². The molecular weight excluding hydrogens is 280 g/mol. The van der Waals surface area contributed by atoms with E-state index in [1.807, 2.05) is 12.5 Å². The third-order valence-corrected chi connectivity index (χ3v) is 4.47. The fraction of sp³-hybridized carbons (Fsp3) is 0.762. The third kappa shape index (κ3) is 13.1. The Morgan fingerprint density at radius 2 is 1.26 bits per heavy atom. The molecule has 0 saturated carbocycles. The monoisotopic (exact) mass is 320 g/mol. The molecular formula is C21H40N2. The van der Waals surface area contributed by atoms with Crippen LogP contribution in [-0.4, -0.2) is 17.3 Å². The molecule has 0 spiro atoms. The van der Waals surface area contributed by atoms with Crippen LogP contribution in [0.5, 0.6) is 0 Å². The highest BCUT2D eigenvalue weighted by Crippen LogP contribution is 2.18. The van der Waals surface area contributed by atoms with Crippen LogP contribution >= 0.6 is 0 Å². The second kappa shape index (κ2) is 17.3. The average Bonchev–Trinajstić information content (AvgIpc) is 2.57. The molecule has 0 aliphatic rings. The molecule has 0 aliphatic carbocycles. The van der Waals surface area contributed by atoms with Gasteiger partial charge < -0.3 is 4.90 Å². The van der Waals surface area contributed by atoms with E-state index in [0.717, 1.165) is 0 Å². The maximum Gasteiger partial charge on any atom is 0.0946 e. The van der Waals surface area contributed by atoms with Gasteiger partial charge in [0.1, 0.15) is 0 Å². The molecule has 134 valence electrons. The highest BCUT2D eigenvalue weighted by molar-refractivity contribution is 5.57. The first-order valence-corrected chi connectivity index (χ1v) is 9.84. The summed E-state index contributed by atoms with van der Waals surface area (Å²) in [5.41, 5.74) is 0. The third-order valence-electron chi connectivity index (χ3n) is 4.47. The van der Waals surface area contributed by atoms with E-state index >= 15 is 0 Å². The van der Waals surface area contributed by atoms with Crippen LogP contribution in [0.2, 0.25) is 0 Å². The SMILES string of the molecule is C=C/N=C\N(C=C)C(CCCCCCC)CCCCCCCC. The van der Waals surface area contributed by atoms with Crippen molar-refractivity contribution >= 4 is 6.34 Å². The van der Waals surface area contributed by atoms with Crippen LogP contribution in [0.25, 0.3) is 0 Å². The van der Waals surface area contributed by atoms with Crippen LogP contribution in [0.15, 0.2) is 30.6 Å². The Morgan fingerprint density at radius 3 is 1.70 bits per heavy atom. The van der Waals surface area contributed by atoms with E-state index in [9.17, 15) is 0 Å². The first-order chi connectivity index (χ1) is 11.3.